The standard InChI is InChI=1S/C26H27N5O3S/c1-4-20(32)29-17-9-6-10-18(17)31-22-21-19(11-12-28-25(21)35-23(22)24(27)33)30(26(31)34)16-8-5-7-15(13-16)14(2)3/h4-5,7-8,11-14,17-18H,1,6,9-10H2,2-3H3,(H2,27,33)(H,29,32)/t17-,18+/m0/s1. The highest BCUT2D eigenvalue weighted by molar-refractivity contribution is 7.21. The Morgan fingerprint density at radius 1 is 1.29 bits per heavy atom. The van der Waals surface area contributed by atoms with Crippen molar-refractivity contribution in [3.05, 3.63) is 59.6 Å². The van der Waals surface area contributed by atoms with E-state index < -0.39 is 5.91 Å². The van der Waals surface area contributed by atoms with E-state index in [1.165, 1.54) is 17.4 Å². The van der Waals surface area contributed by atoms with Crippen LogP contribution in [0.3, 0.4) is 0 Å². The van der Waals surface area contributed by atoms with E-state index >= 15 is 0 Å². The highest BCUT2D eigenvalue weighted by Gasteiger charge is 2.45. The number of primary amides is 1. The van der Waals surface area contributed by atoms with E-state index in [0.29, 0.717) is 27.5 Å². The maximum absolute atomic E-state index is 14.3. The predicted octanol–water partition coefficient (Wildman–Crippen LogP) is 4.82. The first-order valence-electron chi connectivity index (χ1n) is 11.7. The summed E-state index contributed by atoms with van der Waals surface area (Å²) in [7, 11) is 0. The summed E-state index contributed by atoms with van der Waals surface area (Å²) in [5.41, 5.74) is 8.79. The molecule has 2 aliphatic rings. The second-order valence-electron chi connectivity index (χ2n) is 9.21. The summed E-state index contributed by atoms with van der Waals surface area (Å²) in [6, 6.07) is 8.82. The number of hydrogen-bond acceptors (Lipinski definition) is 5. The van der Waals surface area contributed by atoms with Crippen LogP contribution >= 0.6 is 11.3 Å². The number of benzene rings is 1. The third-order valence-electron chi connectivity index (χ3n) is 6.77. The molecule has 35 heavy (non-hydrogen) atoms. The Morgan fingerprint density at radius 3 is 2.80 bits per heavy atom. The molecule has 3 aromatic rings. The zero-order valence-electron chi connectivity index (χ0n) is 19.7. The Morgan fingerprint density at radius 2 is 2.09 bits per heavy atom. The molecular formula is C26H27N5O3S. The molecule has 1 saturated carbocycles. The largest absolute Gasteiger partial charge is 0.365 e. The fourth-order valence-corrected chi connectivity index (χ4v) is 6.13. The fourth-order valence-electron chi connectivity index (χ4n) is 5.12. The minimum atomic E-state index is -0.605. The van der Waals surface area contributed by atoms with Crippen molar-refractivity contribution < 1.29 is 14.4 Å². The Bertz CT molecular complexity index is 1360. The lowest BCUT2D eigenvalue weighted by Crippen LogP contribution is -2.55. The summed E-state index contributed by atoms with van der Waals surface area (Å²) in [5.74, 6) is -0.609. The van der Waals surface area contributed by atoms with E-state index in [1.54, 1.807) is 22.1 Å². The van der Waals surface area contributed by atoms with E-state index in [-0.39, 0.29) is 29.9 Å². The molecule has 3 heterocycles. The number of hydrogen-bond donors (Lipinski definition) is 2. The molecule has 5 rings (SSSR count). The molecule has 0 radical (unpaired) electrons. The van der Waals surface area contributed by atoms with Crippen LogP contribution in [0.2, 0.25) is 0 Å². The molecule has 180 valence electrons. The zero-order chi connectivity index (χ0) is 24.9. The number of nitrogens with two attached hydrogens (primary N) is 1. The molecule has 0 unspecified atom stereocenters. The SMILES string of the molecule is C=CC(=O)N[C@H]1CCC[C@H]1N1C(=O)N(c2cccc(C(C)C)c2)c2ccnc3sc(C(N)=O)c1c23. The molecule has 9 heteroatoms. The molecule has 2 atom stereocenters. The van der Waals surface area contributed by atoms with Crippen molar-refractivity contribution in [3.8, 4) is 0 Å². The van der Waals surface area contributed by atoms with Crippen LogP contribution in [0.1, 0.15) is 54.3 Å². The quantitative estimate of drug-likeness (QED) is 0.484. The van der Waals surface area contributed by atoms with Gasteiger partial charge in [-0.1, -0.05) is 32.6 Å². The van der Waals surface area contributed by atoms with Crippen LogP contribution < -0.4 is 20.9 Å². The van der Waals surface area contributed by atoms with Crippen LogP contribution in [0.25, 0.3) is 10.2 Å². The number of carbonyl (C=O) groups excluding carboxylic acids is 3. The summed E-state index contributed by atoms with van der Waals surface area (Å²) in [5, 5.41) is 3.70. The van der Waals surface area contributed by atoms with Gasteiger partial charge in [-0.3, -0.25) is 19.4 Å². The van der Waals surface area contributed by atoms with Gasteiger partial charge in [0.05, 0.1) is 34.5 Å². The first kappa shape index (κ1) is 23.0. The summed E-state index contributed by atoms with van der Waals surface area (Å²) in [6.07, 6.45) is 5.11. The lowest BCUT2D eigenvalue weighted by Gasteiger charge is -2.40. The summed E-state index contributed by atoms with van der Waals surface area (Å²) in [6.45, 7) is 7.76. The topological polar surface area (TPSA) is 109 Å². The van der Waals surface area contributed by atoms with Crippen molar-refractivity contribution in [2.24, 2.45) is 5.73 Å². The maximum atomic E-state index is 14.3. The van der Waals surface area contributed by atoms with Gasteiger partial charge in [-0.25, -0.2) is 9.78 Å². The van der Waals surface area contributed by atoms with Gasteiger partial charge in [-0.2, -0.15) is 0 Å². The van der Waals surface area contributed by atoms with E-state index in [4.69, 9.17) is 5.73 Å². The number of nitrogens with zero attached hydrogens (tertiary/aromatic N) is 3. The number of thiophene rings is 1. The molecule has 2 aromatic heterocycles. The van der Waals surface area contributed by atoms with Gasteiger partial charge in [0.25, 0.3) is 5.91 Å². The monoisotopic (exact) mass is 489 g/mol. The van der Waals surface area contributed by atoms with Gasteiger partial charge in [0, 0.05) is 6.20 Å². The van der Waals surface area contributed by atoms with Crippen molar-refractivity contribution in [2.75, 3.05) is 9.80 Å². The third-order valence-corrected chi connectivity index (χ3v) is 7.87. The Kier molecular flexibility index (Phi) is 5.80. The number of aromatic nitrogens is 1. The Hall–Kier alpha value is -3.72. The third kappa shape index (κ3) is 3.76. The molecule has 0 bridgehead atoms. The van der Waals surface area contributed by atoms with Crippen molar-refractivity contribution in [3.63, 3.8) is 0 Å². The lowest BCUT2D eigenvalue weighted by molar-refractivity contribution is -0.117. The van der Waals surface area contributed by atoms with Crippen molar-refractivity contribution in [1.82, 2.24) is 10.3 Å². The lowest BCUT2D eigenvalue weighted by atomic mass is 10.0. The van der Waals surface area contributed by atoms with Gasteiger partial charge in [0.1, 0.15) is 9.71 Å². The molecule has 0 spiro atoms. The number of carbonyl (C=O) groups is 3. The average molecular weight is 490 g/mol. The minimum Gasteiger partial charge on any atom is -0.365 e. The van der Waals surface area contributed by atoms with E-state index in [2.05, 4.69) is 30.7 Å². The Labute approximate surface area is 207 Å². The smallest absolute Gasteiger partial charge is 0.334 e. The molecule has 1 aliphatic heterocycles. The van der Waals surface area contributed by atoms with Gasteiger partial charge in [-0.05, 0) is 55.0 Å². The second-order valence-corrected chi connectivity index (χ2v) is 10.2. The predicted molar refractivity (Wildman–Crippen MR) is 138 cm³/mol. The number of urea groups is 1. The van der Waals surface area contributed by atoms with Crippen molar-refractivity contribution in [2.45, 2.75) is 51.1 Å². The molecule has 1 aliphatic carbocycles. The van der Waals surface area contributed by atoms with Crippen LogP contribution in [0.15, 0.2) is 49.2 Å². The van der Waals surface area contributed by atoms with Gasteiger partial charge in [0.2, 0.25) is 5.91 Å². The fraction of sp³-hybridized carbons (Fsp3) is 0.308. The van der Waals surface area contributed by atoms with E-state index in [0.717, 1.165) is 29.5 Å². The number of pyridine rings is 1. The zero-order valence-corrected chi connectivity index (χ0v) is 20.5. The summed E-state index contributed by atoms with van der Waals surface area (Å²) >= 11 is 1.19. The normalized spacial score (nSPS) is 19.5. The average Bonchev–Trinajstić information content (AvgIpc) is 3.45. The molecule has 4 amide bonds. The van der Waals surface area contributed by atoms with Gasteiger partial charge in [0.15, 0.2) is 0 Å². The van der Waals surface area contributed by atoms with Gasteiger partial charge >= 0.3 is 6.03 Å². The molecule has 1 aromatic carbocycles. The van der Waals surface area contributed by atoms with Crippen LogP contribution in [-0.2, 0) is 4.79 Å². The molecule has 0 saturated heterocycles. The summed E-state index contributed by atoms with van der Waals surface area (Å²) in [4.78, 5) is 47.7. The number of nitrogens with one attached hydrogen (secondary N) is 1. The number of amides is 4. The molecular weight excluding hydrogens is 462 g/mol. The number of rotatable bonds is 6. The van der Waals surface area contributed by atoms with Crippen LogP contribution in [0, 0.1) is 0 Å². The maximum Gasteiger partial charge on any atom is 0.334 e. The van der Waals surface area contributed by atoms with E-state index in [9.17, 15) is 14.4 Å². The van der Waals surface area contributed by atoms with Crippen LogP contribution in [0.4, 0.5) is 21.9 Å². The molecule has 1 fully saturated rings. The first-order valence-corrected chi connectivity index (χ1v) is 12.5. The van der Waals surface area contributed by atoms with Crippen molar-refractivity contribution >= 4 is 56.5 Å². The van der Waals surface area contributed by atoms with E-state index in [1.807, 2.05) is 24.3 Å². The van der Waals surface area contributed by atoms with Crippen LogP contribution in [-0.4, -0.2) is 34.9 Å². The van der Waals surface area contributed by atoms with Gasteiger partial charge < -0.3 is 11.1 Å². The minimum absolute atomic E-state index is 0.276. The Balaban J connectivity index is 1.74. The van der Waals surface area contributed by atoms with Crippen LogP contribution in [0.5, 0.6) is 0 Å². The first-order chi connectivity index (χ1) is 16.8. The second kappa shape index (κ2) is 8.81. The highest BCUT2D eigenvalue weighted by atomic mass is 32.1. The van der Waals surface area contributed by atoms with Crippen molar-refractivity contribution in [1.29, 1.82) is 0 Å². The molecule has 3 N–H and O–H groups in total. The highest BCUT2D eigenvalue weighted by Crippen LogP contribution is 2.50. The molecule has 8 nitrogen and oxygen atoms in total. The number of anilines is 3. The van der Waals surface area contributed by atoms with Gasteiger partial charge in [-0.15, -0.1) is 11.3 Å². The summed E-state index contributed by atoms with van der Waals surface area (Å²) < 4.78 is 0.